The molecule has 0 unspecified atom stereocenters. The fraction of sp³-hybridized carbons (Fsp3) is 0.143. The third-order valence-electron chi connectivity index (χ3n) is 5.68. The van der Waals surface area contributed by atoms with Crippen LogP contribution in [0.4, 0.5) is 5.69 Å². The summed E-state index contributed by atoms with van der Waals surface area (Å²) < 4.78 is 28.0. The molecular weight excluding hydrogens is 458 g/mol. The van der Waals surface area contributed by atoms with E-state index in [1.807, 2.05) is 54.6 Å². The summed E-state index contributed by atoms with van der Waals surface area (Å²) in [6.45, 7) is 3.72. The van der Waals surface area contributed by atoms with Crippen LogP contribution < -0.4 is 9.73 Å². The first kappa shape index (κ1) is 24.2. The van der Waals surface area contributed by atoms with Gasteiger partial charge in [0, 0.05) is 5.56 Å². The highest BCUT2D eigenvalue weighted by Crippen LogP contribution is 2.25. The molecule has 4 aromatic rings. The number of hydrazone groups is 1. The highest BCUT2D eigenvalue weighted by molar-refractivity contribution is 7.92. The number of anilines is 1. The van der Waals surface area contributed by atoms with E-state index in [1.165, 1.54) is 12.1 Å². The molecule has 0 spiro atoms. The Hall–Kier alpha value is -3.97. The maximum atomic E-state index is 13.4. The Bertz CT molecular complexity index is 1440. The van der Waals surface area contributed by atoms with Crippen LogP contribution in [-0.4, -0.2) is 27.1 Å². The predicted octanol–water partition coefficient (Wildman–Crippen LogP) is 5.31. The number of amides is 1. The zero-order valence-corrected chi connectivity index (χ0v) is 20.4. The molecule has 0 fully saturated rings. The number of sulfonamides is 1. The molecule has 6 nitrogen and oxygen atoms in total. The smallest absolute Gasteiger partial charge is 0.264 e. The summed E-state index contributed by atoms with van der Waals surface area (Å²) in [5.41, 5.74) is 4.81. The van der Waals surface area contributed by atoms with Crippen LogP contribution in [-0.2, 0) is 14.8 Å². The van der Waals surface area contributed by atoms with Crippen LogP contribution >= 0.6 is 0 Å². The number of carbonyl (C=O) groups excluding carboxylic acids is 1. The van der Waals surface area contributed by atoms with Crippen molar-refractivity contribution in [2.24, 2.45) is 5.10 Å². The Morgan fingerprint density at radius 1 is 0.886 bits per heavy atom. The van der Waals surface area contributed by atoms with E-state index in [1.54, 1.807) is 36.5 Å². The third-order valence-corrected chi connectivity index (χ3v) is 7.47. The quantitative estimate of drug-likeness (QED) is 0.271. The van der Waals surface area contributed by atoms with E-state index in [0.29, 0.717) is 11.6 Å². The molecule has 178 valence electrons. The van der Waals surface area contributed by atoms with E-state index in [0.717, 1.165) is 26.2 Å². The van der Waals surface area contributed by atoms with E-state index in [-0.39, 0.29) is 4.90 Å². The zero-order chi connectivity index (χ0) is 24.8. The number of benzene rings is 4. The number of carbonyl (C=O) groups is 1. The van der Waals surface area contributed by atoms with Gasteiger partial charge in [-0.1, -0.05) is 86.6 Å². The molecule has 7 heteroatoms. The number of fused-ring (bicyclic) bond motifs is 1. The average molecular weight is 486 g/mol. The van der Waals surface area contributed by atoms with Crippen molar-refractivity contribution >= 4 is 38.6 Å². The van der Waals surface area contributed by atoms with Gasteiger partial charge in [0.15, 0.2) is 0 Å². The van der Waals surface area contributed by atoms with Crippen LogP contribution in [0.25, 0.3) is 10.8 Å². The number of rotatable bonds is 8. The first-order valence-corrected chi connectivity index (χ1v) is 12.8. The van der Waals surface area contributed by atoms with E-state index >= 15 is 0 Å². The van der Waals surface area contributed by atoms with Gasteiger partial charge < -0.3 is 0 Å². The average Bonchev–Trinajstić information content (AvgIpc) is 2.88. The summed E-state index contributed by atoms with van der Waals surface area (Å²) in [4.78, 5) is 12.9. The van der Waals surface area contributed by atoms with Gasteiger partial charge in [0.2, 0.25) is 0 Å². The summed E-state index contributed by atoms with van der Waals surface area (Å²) in [6.07, 6.45) is 1.56. The third kappa shape index (κ3) is 5.58. The molecule has 1 amide bonds. The van der Waals surface area contributed by atoms with E-state index in [2.05, 4.69) is 24.4 Å². The second-order valence-corrected chi connectivity index (χ2v) is 10.3. The molecule has 0 atom stereocenters. The Kier molecular flexibility index (Phi) is 7.27. The second-order valence-electron chi connectivity index (χ2n) is 8.43. The molecule has 0 aliphatic heterocycles. The van der Waals surface area contributed by atoms with Crippen molar-refractivity contribution in [2.75, 3.05) is 10.8 Å². The molecule has 0 bridgehead atoms. The normalized spacial score (nSPS) is 11.7. The van der Waals surface area contributed by atoms with Crippen molar-refractivity contribution in [2.45, 2.75) is 24.7 Å². The van der Waals surface area contributed by atoms with Crippen LogP contribution in [0.1, 0.15) is 30.9 Å². The Morgan fingerprint density at radius 2 is 1.54 bits per heavy atom. The van der Waals surface area contributed by atoms with Crippen molar-refractivity contribution < 1.29 is 13.2 Å². The summed E-state index contributed by atoms with van der Waals surface area (Å²) in [7, 11) is -3.97. The van der Waals surface area contributed by atoms with Gasteiger partial charge in [-0.15, -0.1) is 0 Å². The van der Waals surface area contributed by atoms with Crippen LogP contribution in [0.3, 0.4) is 0 Å². The monoisotopic (exact) mass is 485 g/mol. The van der Waals surface area contributed by atoms with Gasteiger partial charge in [0.1, 0.15) is 6.54 Å². The fourth-order valence-electron chi connectivity index (χ4n) is 3.76. The maximum Gasteiger partial charge on any atom is 0.264 e. The lowest BCUT2D eigenvalue weighted by molar-refractivity contribution is -0.119. The second kappa shape index (κ2) is 10.5. The lowest BCUT2D eigenvalue weighted by Gasteiger charge is -2.24. The van der Waals surface area contributed by atoms with Crippen molar-refractivity contribution in [1.29, 1.82) is 0 Å². The minimum Gasteiger partial charge on any atom is -0.271 e. The van der Waals surface area contributed by atoms with Crippen molar-refractivity contribution in [1.82, 2.24) is 5.43 Å². The molecule has 4 rings (SSSR count). The summed E-state index contributed by atoms with van der Waals surface area (Å²) in [5.74, 6) is -0.246. The Balaban J connectivity index is 1.58. The van der Waals surface area contributed by atoms with Crippen molar-refractivity contribution in [3.63, 3.8) is 0 Å². The van der Waals surface area contributed by atoms with Crippen molar-refractivity contribution in [3.05, 3.63) is 108 Å². The molecule has 1 N–H and O–H groups in total. The molecule has 0 saturated heterocycles. The first-order valence-electron chi connectivity index (χ1n) is 11.3. The van der Waals surface area contributed by atoms with Gasteiger partial charge in [-0.2, -0.15) is 5.10 Å². The van der Waals surface area contributed by atoms with Gasteiger partial charge in [0.05, 0.1) is 16.8 Å². The standard InChI is InChI=1S/C28H27N3O3S/c1-21(2)22-15-17-25(18-16-22)31(35(33,34)26-12-4-3-5-13-26)20-28(32)30-29-19-24-11-8-10-23-9-6-7-14-27(23)24/h3-19,21H,20H2,1-2H3,(H,30,32)/b29-19+. The number of nitrogens with one attached hydrogen (secondary N) is 1. The SMILES string of the molecule is CC(C)c1ccc(N(CC(=O)N/N=C/c2cccc3ccccc23)S(=O)(=O)c2ccccc2)cc1. The largest absolute Gasteiger partial charge is 0.271 e. The van der Waals surface area contributed by atoms with E-state index in [9.17, 15) is 13.2 Å². The topological polar surface area (TPSA) is 78.8 Å². The zero-order valence-electron chi connectivity index (χ0n) is 19.6. The summed E-state index contributed by atoms with van der Waals surface area (Å²) in [6, 6.07) is 29.0. The summed E-state index contributed by atoms with van der Waals surface area (Å²) in [5, 5.41) is 6.15. The van der Waals surface area contributed by atoms with Gasteiger partial charge in [-0.3, -0.25) is 9.10 Å². The Morgan fingerprint density at radius 3 is 2.26 bits per heavy atom. The minimum atomic E-state index is -3.97. The lowest BCUT2D eigenvalue weighted by Crippen LogP contribution is -2.39. The van der Waals surface area contributed by atoms with Gasteiger partial charge >= 0.3 is 0 Å². The molecular formula is C28H27N3O3S. The van der Waals surface area contributed by atoms with Gasteiger partial charge in [-0.25, -0.2) is 13.8 Å². The number of nitrogens with zero attached hydrogens (tertiary/aromatic N) is 2. The molecule has 35 heavy (non-hydrogen) atoms. The number of hydrogen-bond acceptors (Lipinski definition) is 4. The lowest BCUT2D eigenvalue weighted by atomic mass is 10.0. The number of hydrogen-bond donors (Lipinski definition) is 1. The molecule has 0 aliphatic carbocycles. The summed E-state index contributed by atoms with van der Waals surface area (Å²) >= 11 is 0. The predicted molar refractivity (Wildman–Crippen MR) is 141 cm³/mol. The molecule has 4 aromatic carbocycles. The highest BCUT2D eigenvalue weighted by atomic mass is 32.2. The van der Waals surface area contributed by atoms with Gasteiger partial charge in [-0.05, 0) is 46.5 Å². The molecule has 0 heterocycles. The van der Waals surface area contributed by atoms with Crippen LogP contribution in [0.5, 0.6) is 0 Å². The van der Waals surface area contributed by atoms with Crippen LogP contribution in [0, 0.1) is 0 Å². The van der Waals surface area contributed by atoms with E-state index < -0.39 is 22.5 Å². The Labute approximate surface area is 206 Å². The maximum absolute atomic E-state index is 13.4. The first-order chi connectivity index (χ1) is 16.9. The molecule has 0 saturated carbocycles. The highest BCUT2D eigenvalue weighted by Gasteiger charge is 2.27. The van der Waals surface area contributed by atoms with Crippen molar-refractivity contribution in [3.8, 4) is 0 Å². The minimum absolute atomic E-state index is 0.111. The van der Waals surface area contributed by atoms with Crippen LogP contribution in [0.2, 0.25) is 0 Å². The molecule has 0 aliphatic rings. The van der Waals surface area contributed by atoms with Crippen LogP contribution in [0.15, 0.2) is 107 Å². The fourth-order valence-corrected chi connectivity index (χ4v) is 5.20. The molecule has 0 aromatic heterocycles. The van der Waals surface area contributed by atoms with E-state index in [4.69, 9.17) is 0 Å². The van der Waals surface area contributed by atoms with Gasteiger partial charge in [0.25, 0.3) is 15.9 Å². The molecule has 0 radical (unpaired) electrons.